The third-order valence-corrected chi connectivity index (χ3v) is 1.28. The van der Waals surface area contributed by atoms with E-state index >= 15 is 0 Å². The fraction of sp³-hybridized carbons (Fsp3) is 0.857. The minimum Gasteiger partial charge on any atom is -0.356 e. The number of amides is 1. The summed E-state index contributed by atoms with van der Waals surface area (Å²) in [5.41, 5.74) is 0. The van der Waals surface area contributed by atoms with Crippen LogP contribution in [0, 0.1) is 5.92 Å². The molecule has 1 atom stereocenters. The maximum absolute atomic E-state index is 11.7. The SMILES string of the molecule is CC(=O)NCC(C)CC(F)(F)F. The van der Waals surface area contributed by atoms with E-state index in [1.807, 2.05) is 0 Å². The van der Waals surface area contributed by atoms with Crippen molar-refractivity contribution in [2.45, 2.75) is 26.4 Å². The van der Waals surface area contributed by atoms with E-state index in [0.717, 1.165) is 0 Å². The van der Waals surface area contributed by atoms with Gasteiger partial charge in [0, 0.05) is 19.9 Å². The second-order valence-electron chi connectivity index (χ2n) is 2.86. The summed E-state index contributed by atoms with van der Waals surface area (Å²) in [7, 11) is 0. The summed E-state index contributed by atoms with van der Waals surface area (Å²) in [6, 6.07) is 0. The van der Waals surface area contributed by atoms with Gasteiger partial charge in [-0.15, -0.1) is 0 Å². The first-order valence-corrected chi connectivity index (χ1v) is 3.62. The fourth-order valence-corrected chi connectivity index (χ4v) is 0.785. The molecular weight excluding hydrogens is 171 g/mol. The van der Waals surface area contributed by atoms with Crippen molar-refractivity contribution < 1.29 is 18.0 Å². The molecule has 12 heavy (non-hydrogen) atoms. The van der Waals surface area contributed by atoms with Crippen LogP contribution in [-0.4, -0.2) is 18.6 Å². The molecule has 1 unspecified atom stereocenters. The van der Waals surface area contributed by atoms with Crippen LogP contribution >= 0.6 is 0 Å². The lowest BCUT2D eigenvalue weighted by molar-refractivity contribution is -0.143. The molecule has 5 heteroatoms. The highest BCUT2D eigenvalue weighted by Gasteiger charge is 2.29. The Balaban J connectivity index is 3.60. The number of hydrogen-bond acceptors (Lipinski definition) is 1. The van der Waals surface area contributed by atoms with Gasteiger partial charge in [0.15, 0.2) is 0 Å². The van der Waals surface area contributed by atoms with Crippen LogP contribution < -0.4 is 5.32 Å². The highest BCUT2D eigenvalue weighted by atomic mass is 19.4. The van der Waals surface area contributed by atoms with E-state index in [4.69, 9.17) is 0 Å². The predicted octanol–water partition coefficient (Wildman–Crippen LogP) is 1.71. The molecule has 0 fully saturated rings. The summed E-state index contributed by atoms with van der Waals surface area (Å²) < 4.78 is 35.2. The van der Waals surface area contributed by atoms with Gasteiger partial charge in [0.05, 0.1) is 0 Å². The van der Waals surface area contributed by atoms with E-state index in [9.17, 15) is 18.0 Å². The molecule has 0 aromatic heterocycles. The van der Waals surface area contributed by atoms with Crippen LogP contribution in [-0.2, 0) is 4.79 Å². The standard InChI is InChI=1S/C7H12F3NO/c1-5(3-7(8,9)10)4-11-6(2)12/h5H,3-4H2,1-2H3,(H,11,12). The van der Waals surface area contributed by atoms with Crippen LogP contribution in [0.4, 0.5) is 13.2 Å². The van der Waals surface area contributed by atoms with Crippen LogP contribution in [0.1, 0.15) is 20.3 Å². The third kappa shape index (κ3) is 7.37. The van der Waals surface area contributed by atoms with Gasteiger partial charge in [-0.25, -0.2) is 0 Å². The molecule has 0 radical (unpaired) electrons. The zero-order chi connectivity index (χ0) is 9.78. The topological polar surface area (TPSA) is 29.1 Å². The number of carbonyl (C=O) groups excluding carboxylic acids is 1. The van der Waals surface area contributed by atoms with Crippen molar-refractivity contribution in [3.8, 4) is 0 Å². The number of rotatable bonds is 3. The molecule has 0 spiro atoms. The molecule has 1 N–H and O–H groups in total. The Morgan fingerprint density at radius 1 is 1.50 bits per heavy atom. The molecular formula is C7H12F3NO. The molecule has 0 rings (SSSR count). The number of carbonyl (C=O) groups is 1. The Morgan fingerprint density at radius 2 is 2.00 bits per heavy atom. The average Bonchev–Trinajstić information content (AvgIpc) is 1.79. The van der Waals surface area contributed by atoms with Gasteiger partial charge in [0.2, 0.25) is 5.91 Å². The number of halogens is 3. The predicted molar refractivity (Wildman–Crippen MR) is 38.5 cm³/mol. The van der Waals surface area contributed by atoms with E-state index in [1.54, 1.807) is 0 Å². The molecule has 0 aliphatic heterocycles. The maximum atomic E-state index is 11.7. The van der Waals surface area contributed by atoms with Crippen molar-refractivity contribution in [1.29, 1.82) is 0 Å². The molecule has 0 aliphatic carbocycles. The Hall–Kier alpha value is -0.740. The van der Waals surface area contributed by atoms with E-state index in [2.05, 4.69) is 5.32 Å². The number of hydrogen-bond donors (Lipinski definition) is 1. The lowest BCUT2D eigenvalue weighted by atomic mass is 10.1. The first-order chi connectivity index (χ1) is 5.31. The molecule has 0 saturated carbocycles. The second kappa shape index (κ2) is 4.33. The van der Waals surface area contributed by atoms with Gasteiger partial charge in [-0.05, 0) is 5.92 Å². The molecule has 0 heterocycles. The normalized spacial score (nSPS) is 14.1. The van der Waals surface area contributed by atoms with Gasteiger partial charge in [-0.1, -0.05) is 6.92 Å². The number of alkyl halides is 3. The minimum absolute atomic E-state index is 0.0782. The Kier molecular flexibility index (Phi) is 4.06. The Morgan fingerprint density at radius 3 is 2.33 bits per heavy atom. The molecule has 0 saturated heterocycles. The average molecular weight is 183 g/mol. The quantitative estimate of drug-likeness (QED) is 0.709. The highest BCUT2D eigenvalue weighted by molar-refractivity contribution is 5.72. The molecule has 0 aromatic carbocycles. The molecule has 0 aromatic rings. The third-order valence-electron chi connectivity index (χ3n) is 1.28. The summed E-state index contributed by atoms with van der Waals surface area (Å²) >= 11 is 0. The first-order valence-electron chi connectivity index (χ1n) is 3.62. The molecule has 1 amide bonds. The summed E-state index contributed by atoms with van der Waals surface area (Å²) in [5, 5.41) is 2.33. The first kappa shape index (κ1) is 11.3. The minimum atomic E-state index is -4.14. The van der Waals surface area contributed by atoms with Crippen LogP contribution in [0.2, 0.25) is 0 Å². The lowest BCUT2D eigenvalue weighted by Crippen LogP contribution is -2.28. The van der Waals surface area contributed by atoms with E-state index < -0.39 is 18.5 Å². The molecule has 72 valence electrons. The number of nitrogens with one attached hydrogen (secondary N) is 1. The molecule has 0 bridgehead atoms. The monoisotopic (exact) mass is 183 g/mol. The van der Waals surface area contributed by atoms with Gasteiger partial charge < -0.3 is 5.32 Å². The van der Waals surface area contributed by atoms with E-state index in [1.165, 1.54) is 13.8 Å². The van der Waals surface area contributed by atoms with Crippen molar-refractivity contribution in [1.82, 2.24) is 5.32 Å². The van der Waals surface area contributed by atoms with Crippen LogP contribution in [0.5, 0.6) is 0 Å². The summed E-state index contributed by atoms with van der Waals surface area (Å²) in [5.74, 6) is -0.863. The zero-order valence-corrected chi connectivity index (χ0v) is 7.03. The van der Waals surface area contributed by atoms with Crippen molar-refractivity contribution in [3.05, 3.63) is 0 Å². The lowest BCUT2D eigenvalue weighted by Gasteiger charge is -2.13. The van der Waals surface area contributed by atoms with Crippen molar-refractivity contribution in [3.63, 3.8) is 0 Å². The Labute approximate surface area is 69.1 Å². The van der Waals surface area contributed by atoms with E-state index in [-0.39, 0.29) is 12.5 Å². The summed E-state index contributed by atoms with van der Waals surface area (Å²) in [6.45, 7) is 2.80. The van der Waals surface area contributed by atoms with Crippen LogP contribution in [0.3, 0.4) is 0 Å². The summed E-state index contributed by atoms with van der Waals surface area (Å²) in [4.78, 5) is 10.3. The van der Waals surface area contributed by atoms with E-state index in [0.29, 0.717) is 0 Å². The molecule has 2 nitrogen and oxygen atoms in total. The summed E-state index contributed by atoms with van der Waals surface area (Å²) in [6.07, 6.45) is -4.99. The van der Waals surface area contributed by atoms with Crippen molar-refractivity contribution >= 4 is 5.91 Å². The van der Waals surface area contributed by atoms with Gasteiger partial charge in [-0.3, -0.25) is 4.79 Å². The fourth-order valence-electron chi connectivity index (χ4n) is 0.785. The zero-order valence-electron chi connectivity index (χ0n) is 7.03. The van der Waals surface area contributed by atoms with Crippen molar-refractivity contribution in [2.24, 2.45) is 5.92 Å². The largest absolute Gasteiger partial charge is 0.389 e. The Bertz CT molecular complexity index is 155. The van der Waals surface area contributed by atoms with Gasteiger partial charge in [0.25, 0.3) is 0 Å². The van der Waals surface area contributed by atoms with Crippen LogP contribution in [0.15, 0.2) is 0 Å². The second-order valence-corrected chi connectivity index (χ2v) is 2.86. The van der Waals surface area contributed by atoms with Gasteiger partial charge >= 0.3 is 6.18 Å². The van der Waals surface area contributed by atoms with Crippen LogP contribution in [0.25, 0.3) is 0 Å². The van der Waals surface area contributed by atoms with Gasteiger partial charge in [-0.2, -0.15) is 13.2 Å². The van der Waals surface area contributed by atoms with Gasteiger partial charge in [0.1, 0.15) is 0 Å². The molecule has 0 aliphatic rings. The van der Waals surface area contributed by atoms with Crippen molar-refractivity contribution in [2.75, 3.05) is 6.54 Å². The smallest absolute Gasteiger partial charge is 0.356 e. The maximum Gasteiger partial charge on any atom is 0.389 e. The highest BCUT2D eigenvalue weighted by Crippen LogP contribution is 2.23.